The van der Waals surface area contributed by atoms with Crippen LogP contribution in [0.1, 0.15) is 38.1 Å². The third kappa shape index (κ3) is 6.93. The van der Waals surface area contributed by atoms with Gasteiger partial charge in [-0.1, -0.05) is 27.7 Å². The zero-order chi connectivity index (χ0) is 21.3. The molecule has 0 fully saturated rings. The van der Waals surface area contributed by atoms with Gasteiger partial charge < -0.3 is 10.1 Å². The van der Waals surface area contributed by atoms with Gasteiger partial charge in [0.25, 0.3) is 5.91 Å². The summed E-state index contributed by atoms with van der Waals surface area (Å²) in [6, 6.07) is 4.58. The number of amides is 3. The summed E-state index contributed by atoms with van der Waals surface area (Å²) >= 11 is 0. The number of rotatable bonds is 9. The number of urea groups is 1. The van der Waals surface area contributed by atoms with Crippen LogP contribution in [0.3, 0.4) is 0 Å². The van der Waals surface area contributed by atoms with E-state index in [0.717, 1.165) is 0 Å². The van der Waals surface area contributed by atoms with Crippen molar-refractivity contribution in [3.05, 3.63) is 29.8 Å². The third-order valence-electron chi connectivity index (χ3n) is 3.69. The molecule has 10 heteroatoms. The van der Waals surface area contributed by atoms with Crippen LogP contribution in [0.4, 0.5) is 4.79 Å². The van der Waals surface area contributed by atoms with E-state index in [1.54, 1.807) is 13.8 Å². The Morgan fingerprint density at radius 2 is 1.64 bits per heavy atom. The van der Waals surface area contributed by atoms with Crippen molar-refractivity contribution in [2.75, 3.05) is 26.2 Å². The van der Waals surface area contributed by atoms with E-state index in [2.05, 4.69) is 5.32 Å². The van der Waals surface area contributed by atoms with Crippen LogP contribution >= 0.6 is 0 Å². The SMILES string of the molecule is CCN(CC)S(=O)(=O)c1ccc(C(=O)OCC(=O)NC(=O)NCC(C)C)cc1. The van der Waals surface area contributed by atoms with Crippen LogP contribution in [0, 0.1) is 5.92 Å². The molecule has 0 spiro atoms. The number of sulfonamides is 1. The number of benzene rings is 1. The maximum absolute atomic E-state index is 12.4. The van der Waals surface area contributed by atoms with Gasteiger partial charge in [-0.2, -0.15) is 4.31 Å². The van der Waals surface area contributed by atoms with Crippen molar-refractivity contribution >= 4 is 27.9 Å². The minimum Gasteiger partial charge on any atom is -0.452 e. The molecule has 0 atom stereocenters. The lowest BCUT2D eigenvalue weighted by molar-refractivity contribution is -0.123. The second kappa shape index (κ2) is 10.8. The third-order valence-corrected chi connectivity index (χ3v) is 5.76. The molecule has 2 N–H and O–H groups in total. The predicted molar refractivity (Wildman–Crippen MR) is 103 cm³/mol. The Morgan fingerprint density at radius 1 is 1.07 bits per heavy atom. The van der Waals surface area contributed by atoms with Gasteiger partial charge in [0.2, 0.25) is 10.0 Å². The highest BCUT2D eigenvalue weighted by Gasteiger charge is 2.22. The summed E-state index contributed by atoms with van der Waals surface area (Å²) in [5, 5.41) is 4.54. The first-order chi connectivity index (χ1) is 13.1. The number of carbonyl (C=O) groups is 3. The number of nitrogens with zero attached hydrogens (tertiary/aromatic N) is 1. The lowest BCUT2D eigenvalue weighted by Gasteiger charge is -2.18. The van der Waals surface area contributed by atoms with Gasteiger partial charge in [-0.15, -0.1) is 0 Å². The summed E-state index contributed by atoms with van der Waals surface area (Å²) < 4.78 is 31.0. The van der Waals surface area contributed by atoms with Crippen molar-refractivity contribution in [1.29, 1.82) is 0 Å². The second-order valence-electron chi connectivity index (χ2n) is 6.34. The molecule has 28 heavy (non-hydrogen) atoms. The summed E-state index contributed by atoms with van der Waals surface area (Å²) in [4.78, 5) is 35.1. The summed E-state index contributed by atoms with van der Waals surface area (Å²) in [6.45, 7) is 7.73. The highest BCUT2D eigenvalue weighted by Crippen LogP contribution is 2.16. The van der Waals surface area contributed by atoms with Crippen molar-refractivity contribution in [2.45, 2.75) is 32.6 Å². The first-order valence-electron chi connectivity index (χ1n) is 8.96. The molecule has 9 nitrogen and oxygen atoms in total. The molecular formula is C18H27N3O6S. The van der Waals surface area contributed by atoms with Gasteiger partial charge in [-0.3, -0.25) is 10.1 Å². The van der Waals surface area contributed by atoms with E-state index in [9.17, 15) is 22.8 Å². The van der Waals surface area contributed by atoms with Crippen molar-refractivity contribution in [2.24, 2.45) is 5.92 Å². The minimum atomic E-state index is -3.62. The second-order valence-corrected chi connectivity index (χ2v) is 8.28. The van der Waals surface area contributed by atoms with E-state index in [0.29, 0.717) is 19.6 Å². The molecule has 156 valence electrons. The zero-order valence-corrected chi connectivity index (χ0v) is 17.3. The Bertz CT molecular complexity index is 786. The van der Waals surface area contributed by atoms with E-state index in [1.165, 1.54) is 28.6 Å². The number of ether oxygens (including phenoxy) is 1. The molecule has 0 aliphatic heterocycles. The number of nitrogens with one attached hydrogen (secondary N) is 2. The number of hydrogen-bond acceptors (Lipinski definition) is 6. The molecule has 1 aromatic carbocycles. The normalized spacial score (nSPS) is 11.4. The Hall–Kier alpha value is -2.46. The van der Waals surface area contributed by atoms with Crippen molar-refractivity contribution in [3.8, 4) is 0 Å². The smallest absolute Gasteiger partial charge is 0.338 e. The maximum atomic E-state index is 12.4. The Labute approximate surface area is 165 Å². The molecule has 0 bridgehead atoms. The number of imide groups is 1. The molecule has 0 aliphatic rings. The standard InChI is InChI=1S/C18H27N3O6S/c1-5-21(6-2)28(25,26)15-9-7-14(8-10-15)17(23)27-12-16(22)20-18(24)19-11-13(3)4/h7-10,13H,5-6,11-12H2,1-4H3,(H2,19,20,22,24). The Balaban J connectivity index is 2.62. The number of carbonyl (C=O) groups excluding carboxylic acids is 3. The van der Waals surface area contributed by atoms with Crippen LogP contribution in [0.15, 0.2) is 29.2 Å². The fourth-order valence-electron chi connectivity index (χ4n) is 2.19. The molecule has 0 aliphatic carbocycles. The summed E-state index contributed by atoms with van der Waals surface area (Å²) in [6.07, 6.45) is 0. The average molecular weight is 413 g/mol. The van der Waals surface area contributed by atoms with Crippen LogP contribution in [-0.2, 0) is 19.6 Å². The van der Waals surface area contributed by atoms with Gasteiger partial charge in [-0.05, 0) is 30.2 Å². The van der Waals surface area contributed by atoms with E-state index >= 15 is 0 Å². The van der Waals surface area contributed by atoms with E-state index in [1.807, 2.05) is 19.2 Å². The van der Waals surface area contributed by atoms with Gasteiger partial charge in [0.15, 0.2) is 6.61 Å². The van der Waals surface area contributed by atoms with Gasteiger partial charge in [0.05, 0.1) is 10.5 Å². The lowest BCUT2D eigenvalue weighted by Crippen LogP contribution is -2.42. The maximum Gasteiger partial charge on any atom is 0.338 e. The topological polar surface area (TPSA) is 122 Å². The average Bonchev–Trinajstić information content (AvgIpc) is 2.65. The van der Waals surface area contributed by atoms with Crippen molar-refractivity contribution < 1.29 is 27.5 Å². The predicted octanol–water partition coefficient (Wildman–Crippen LogP) is 1.36. The van der Waals surface area contributed by atoms with E-state index in [4.69, 9.17) is 4.74 Å². The lowest BCUT2D eigenvalue weighted by atomic mass is 10.2. The van der Waals surface area contributed by atoms with Crippen LogP contribution in [0.25, 0.3) is 0 Å². The molecule has 1 aromatic rings. The fraction of sp³-hybridized carbons (Fsp3) is 0.500. The van der Waals surface area contributed by atoms with Gasteiger partial charge in [0.1, 0.15) is 0 Å². The van der Waals surface area contributed by atoms with E-state index in [-0.39, 0.29) is 16.4 Å². The molecule has 0 unspecified atom stereocenters. The van der Waals surface area contributed by atoms with E-state index < -0.39 is 34.5 Å². The van der Waals surface area contributed by atoms with Gasteiger partial charge in [0, 0.05) is 19.6 Å². The summed E-state index contributed by atoms with van der Waals surface area (Å²) in [5.41, 5.74) is 0.0931. The van der Waals surface area contributed by atoms with Crippen LogP contribution in [0.2, 0.25) is 0 Å². The monoisotopic (exact) mass is 413 g/mol. The Kier molecular flexibility index (Phi) is 9.07. The summed E-state index contributed by atoms with van der Waals surface area (Å²) in [5.74, 6) is -1.34. The Morgan fingerprint density at radius 3 is 2.14 bits per heavy atom. The van der Waals surface area contributed by atoms with Crippen molar-refractivity contribution in [3.63, 3.8) is 0 Å². The van der Waals surface area contributed by atoms with Crippen LogP contribution < -0.4 is 10.6 Å². The molecule has 0 saturated carbocycles. The summed E-state index contributed by atoms with van der Waals surface area (Å²) in [7, 11) is -3.62. The molecule has 0 radical (unpaired) electrons. The molecule has 3 amide bonds. The largest absolute Gasteiger partial charge is 0.452 e. The molecule has 1 rings (SSSR count). The number of hydrogen-bond donors (Lipinski definition) is 2. The fourth-order valence-corrected chi connectivity index (χ4v) is 3.65. The molecule has 0 saturated heterocycles. The molecule has 0 heterocycles. The quantitative estimate of drug-likeness (QED) is 0.590. The van der Waals surface area contributed by atoms with Crippen LogP contribution in [0.5, 0.6) is 0 Å². The van der Waals surface area contributed by atoms with Gasteiger partial charge >= 0.3 is 12.0 Å². The molecular weight excluding hydrogens is 386 g/mol. The minimum absolute atomic E-state index is 0.0623. The highest BCUT2D eigenvalue weighted by molar-refractivity contribution is 7.89. The van der Waals surface area contributed by atoms with Gasteiger partial charge in [-0.25, -0.2) is 18.0 Å². The van der Waals surface area contributed by atoms with Crippen molar-refractivity contribution in [1.82, 2.24) is 14.9 Å². The highest BCUT2D eigenvalue weighted by atomic mass is 32.2. The molecule has 0 aromatic heterocycles. The first-order valence-corrected chi connectivity index (χ1v) is 10.4. The van der Waals surface area contributed by atoms with Crippen LogP contribution in [-0.4, -0.2) is 56.9 Å². The first kappa shape index (κ1) is 23.6. The zero-order valence-electron chi connectivity index (χ0n) is 16.5. The number of esters is 1.